The van der Waals surface area contributed by atoms with Crippen LogP contribution in [0.1, 0.15) is 33.8 Å². The molecule has 0 spiro atoms. The summed E-state index contributed by atoms with van der Waals surface area (Å²) >= 11 is 10.0. The average Bonchev–Trinajstić information content (AvgIpc) is 2.93. The number of hydrogen-bond donors (Lipinski definition) is 1. The maximum Gasteiger partial charge on any atom is 0.0455 e. The summed E-state index contributed by atoms with van der Waals surface area (Å²) in [5, 5.41) is 4.45. The van der Waals surface area contributed by atoms with E-state index in [1.807, 2.05) is 23.5 Å². The van der Waals surface area contributed by atoms with E-state index < -0.39 is 0 Å². The number of benzene rings is 1. The number of thiophene rings is 1. The van der Waals surface area contributed by atoms with Crippen LogP contribution in [0.2, 0.25) is 5.02 Å². The Balaban J connectivity index is 1.80. The van der Waals surface area contributed by atoms with Crippen molar-refractivity contribution in [1.29, 1.82) is 0 Å². The number of fused-ring (bicyclic) bond motifs is 1. The van der Waals surface area contributed by atoms with E-state index in [0.29, 0.717) is 6.04 Å². The normalized spacial score (nSPS) is 15.7. The van der Waals surface area contributed by atoms with Crippen LogP contribution in [-0.4, -0.2) is 12.3 Å². The molecule has 1 aliphatic rings. The van der Waals surface area contributed by atoms with Gasteiger partial charge in [0.1, 0.15) is 0 Å². The second kappa shape index (κ2) is 7.19. The fourth-order valence-corrected chi connectivity index (χ4v) is 5.30. The zero-order valence-corrected chi connectivity index (χ0v) is 14.6. The molecule has 1 aromatic heterocycles. The van der Waals surface area contributed by atoms with Gasteiger partial charge in [0, 0.05) is 26.6 Å². The van der Waals surface area contributed by atoms with E-state index in [1.54, 1.807) is 10.4 Å². The summed E-state index contributed by atoms with van der Waals surface area (Å²) in [5.74, 6) is 2.46. The van der Waals surface area contributed by atoms with E-state index in [4.69, 9.17) is 11.6 Å². The zero-order valence-electron chi connectivity index (χ0n) is 12.2. The van der Waals surface area contributed by atoms with Crippen LogP contribution < -0.4 is 5.32 Å². The fourth-order valence-electron chi connectivity index (χ4n) is 2.72. The predicted molar refractivity (Wildman–Crippen MR) is 95.8 cm³/mol. The zero-order chi connectivity index (χ0) is 14.7. The van der Waals surface area contributed by atoms with Gasteiger partial charge in [-0.25, -0.2) is 0 Å². The molecule has 1 nitrogen and oxygen atoms in total. The molecule has 2 heterocycles. The van der Waals surface area contributed by atoms with Crippen LogP contribution >= 0.6 is 34.7 Å². The Bertz CT molecular complexity index is 568. The van der Waals surface area contributed by atoms with Crippen molar-refractivity contribution in [1.82, 2.24) is 5.32 Å². The van der Waals surface area contributed by atoms with Gasteiger partial charge in [0.05, 0.1) is 0 Å². The molecule has 0 saturated heterocycles. The Morgan fingerprint density at radius 2 is 2.10 bits per heavy atom. The number of halogens is 1. The topological polar surface area (TPSA) is 12.0 Å². The number of hydrogen-bond acceptors (Lipinski definition) is 3. The molecule has 0 amide bonds. The summed E-state index contributed by atoms with van der Waals surface area (Å²) in [6.45, 7) is 3.17. The van der Waals surface area contributed by atoms with Gasteiger partial charge in [-0.2, -0.15) is 11.8 Å². The largest absolute Gasteiger partial charge is 0.309 e. The van der Waals surface area contributed by atoms with E-state index in [-0.39, 0.29) is 0 Å². The quantitative estimate of drug-likeness (QED) is 0.816. The number of aryl methyl sites for hydroxylation is 1. The van der Waals surface area contributed by atoms with E-state index >= 15 is 0 Å². The van der Waals surface area contributed by atoms with Crippen molar-refractivity contribution in [3.05, 3.63) is 56.2 Å². The highest BCUT2D eigenvalue weighted by molar-refractivity contribution is 7.98. The SMILES string of the molecule is CCNC(Cc1ccc(Cl)cc1)c1cc2c(s1)CCSC2. The summed E-state index contributed by atoms with van der Waals surface area (Å²) in [7, 11) is 0. The van der Waals surface area contributed by atoms with Gasteiger partial charge in [-0.3, -0.25) is 0 Å². The minimum Gasteiger partial charge on any atom is -0.309 e. The van der Waals surface area contributed by atoms with Crippen molar-refractivity contribution in [3.63, 3.8) is 0 Å². The Hall–Kier alpha value is -0.480. The second-order valence-corrected chi connectivity index (χ2v) is 8.05. The molecule has 0 fully saturated rings. The Kier molecular flexibility index (Phi) is 5.28. The molecule has 112 valence electrons. The van der Waals surface area contributed by atoms with Crippen molar-refractivity contribution >= 4 is 34.7 Å². The Morgan fingerprint density at radius 3 is 2.81 bits per heavy atom. The van der Waals surface area contributed by atoms with Gasteiger partial charge in [-0.1, -0.05) is 30.7 Å². The number of likely N-dealkylation sites (N-methyl/N-ethyl adjacent to an activating group) is 1. The maximum atomic E-state index is 5.98. The molecule has 1 N–H and O–H groups in total. The minimum atomic E-state index is 0.414. The molecular formula is C17H20ClNS2. The molecule has 0 saturated carbocycles. The van der Waals surface area contributed by atoms with Crippen LogP contribution in [-0.2, 0) is 18.6 Å². The Morgan fingerprint density at radius 1 is 1.29 bits per heavy atom. The maximum absolute atomic E-state index is 5.98. The third kappa shape index (κ3) is 3.84. The molecule has 1 unspecified atom stereocenters. The number of rotatable bonds is 5. The molecule has 3 rings (SSSR count). The molecule has 0 radical (unpaired) electrons. The lowest BCUT2D eigenvalue weighted by Gasteiger charge is -2.16. The standard InChI is InChI=1S/C17H20ClNS2/c1-2-19-15(9-12-3-5-14(18)6-4-12)17-10-13-11-20-8-7-16(13)21-17/h3-6,10,15,19H,2,7-9,11H2,1H3. The summed E-state index contributed by atoms with van der Waals surface area (Å²) in [5.41, 5.74) is 2.90. The summed E-state index contributed by atoms with van der Waals surface area (Å²) < 4.78 is 0. The minimum absolute atomic E-state index is 0.414. The first-order valence-electron chi connectivity index (χ1n) is 7.43. The highest BCUT2D eigenvalue weighted by Gasteiger charge is 2.19. The molecular weight excluding hydrogens is 318 g/mol. The van der Waals surface area contributed by atoms with Crippen LogP contribution in [0, 0.1) is 0 Å². The van der Waals surface area contributed by atoms with Crippen LogP contribution in [0.25, 0.3) is 0 Å². The summed E-state index contributed by atoms with van der Waals surface area (Å²) in [6.07, 6.45) is 2.27. The Labute approximate surface area is 140 Å². The van der Waals surface area contributed by atoms with E-state index in [9.17, 15) is 0 Å². The van der Waals surface area contributed by atoms with Crippen molar-refractivity contribution in [2.24, 2.45) is 0 Å². The van der Waals surface area contributed by atoms with Crippen LogP contribution in [0.4, 0.5) is 0 Å². The second-order valence-electron chi connectivity index (χ2n) is 5.34. The molecule has 1 atom stereocenters. The van der Waals surface area contributed by atoms with Gasteiger partial charge in [0.2, 0.25) is 0 Å². The smallest absolute Gasteiger partial charge is 0.0455 e. The lowest BCUT2D eigenvalue weighted by Crippen LogP contribution is -2.22. The van der Waals surface area contributed by atoms with E-state index in [2.05, 4.69) is 42.2 Å². The van der Waals surface area contributed by atoms with Crippen LogP contribution in [0.5, 0.6) is 0 Å². The third-order valence-corrected chi connectivity index (χ3v) is 6.40. The van der Waals surface area contributed by atoms with E-state index in [1.165, 1.54) is 28.4 Å². The lowest BCUT2D eigenvalue weighted by atomic mass is 10.0. The van der Waals surface area contributed by atoms with Gasteiger partial charge in [0.15, 0.2) is 0 Å². The first-order valence-corrected chi connectivity index (χ1v) is 9.78. The highest BCUT2D eigenvalue weighted by atomic mass is 35.5. The first-order chi connectivity index (χ1) is 10.3. The van der Waals surface area contributed by atoms with Crippen molar-refractivity contribution in [2.45, 2.75) is 31.6 Å². The molecule has 1 aromatic carbocycles. The lowest BCUT2D eigenvalue weighted by molar-refractivity contribution is 0.558. The van der Waals surface area contributed by atoms with Gasteiger partial charge in [-0.15, -0.1) is 11.3 Å². The molecule has 4 heteroatoms. The van der Waals surface area contributed by atoms with Crippen molar-refractivity contribution < 1.29 is 0 Å². The summed E-state index contributed by atoms with van der Waals surface area (Å²) in [4.78, 5) is 3.09. The average molecular weight is 338 g/mol. The molecule has 21 heavy (non-hydrogen) atoms. The first kappa shape index (κ1) is 15.4. The van der Waals surface area contributed by atoms with E-state index in [0.717, 1.165) is 18.0 Å². The molecule has 0 bridgehead atoms. The third-order valence-electron chi connectivity index (χ3n) is 3.79. The molecule has 2 aromatic rings. The molecule has 1 aliphatic heterocycles. The predicted octanol–water partition coefficient (Wildman–Crippen LogP) is 5.08. The van der Waals surface area contributed by atoms with Crippen molar-refractivity contribution in [3.8, 4) is 0 Å². The van der Waals surface area contributed by atoms with Gasteiger partial charge in [-0.05, 0) is 54.5 Å². The number of thioether (sulfide) groups is 1. The van der Waals surface area contributed by atoms with Gasteiger partial charge >= 0.3 is 0 Å². The fraction of sp³-hybridized carbons (Fsp3) is 0.412. The van der Waals surface area contributed by atoms with Gasteiger partial charge < -0.3 is 5.32 Å². The number of nitrogens with one attached hydrogen (secondary N) is 1. The monoisotopic (exact) mass is 337 g/mol. The van der Waals surface area contributed by atoms with Crippen molar-refractivity contribution in [2.75, 3.05) is 12.3 Å². The summed E-state index contributed by atoms with van der Waals surface area (Å²) in [6, 6.07) is 11.1. The van der Waals surface area contributed by atoms with Gasteiger partial charge in [0.25, 0.3) is 0 Å². The molecule has 0 aliphatic carbocycles. The van der Waals surface area contributed by atoms with Crippen LogP contribution in [0.3, 0.4) is 0 Å². The highest BCUT2D eigenvalue weighted by Crippen LogP contribution is 2.35. The van der Waals surface area contributed by atoms with Crippen LogP contribution in [0.15, 0.2) is 30.3 Å².